The van der Waals surface area contributed by atoms with Gasteiger partial charge in [-0.25, -0.2) is 4.39 Å². The van der Waals surface area contributed by atoms with Crippen LogP contribution < -0.4 is 10.6 Å². The molecular formula is C18H17FN2O2S. The quantitative estimate of drug-likeness (QED) is 0.895. The Kier molecular flexibility index (Phi) is 4.85. The number of halogens is 1. The molecular weight excluding hydrogens is 327 g/mol. The van der Waals surface area contributed by atoms with E-state index < -0.39 is 5.25 Å². The standard InChI is InChI=1S/C18H17FN2O2S/c1-11-6-7-12(8-13(11)19)10-20-17(22)9-16-18(23)21-14-4-2-3-5-15(14)24-16/h2-8,16H,9-10H2,1H3,(H,20,22)(H,21,23). The Morgan fingerprint density at radius 2 is 2.08 bits per heavy atom. The maximum Gasteiger partial charge on any atom is 0.238 e. The first-order valence-corrected chi connectivity index (χ1v) is 8.49. The summed E-state index contributed by atoms with van der Waals surface area (Å²) < 4.78 is 13.5. The Bertz CT molecular complexity index is 794. The fourth-order valence-electron chi connectivity index (χ4n) is 2.41. The van der Waals surface area contributed by atoms with Gasteiger partial charge in [0.25, 0.3) is 0 Å². The fourth-order valence-corrected chi connectivity index (χ4v) is 3.52. The Morgan fingerprint density at radius 1 is 1.29 bits per heavy atom. The molecule has 0 fully saturated rings. The van der Waals surface area contributed by atoms with E-state index in [-0.39, 0.29) is 30.6 Å². The van der Waals surface area contributed by atoms with Crippen LogP contribution in [0.4, 0.5) is 10.1 Å². The lowest BCUT2D eigenvalue weighted by molar-refractivity contribution is -0.124. The highest BCUT2D eigenvalue weighted by molar-refractivity contribution is 8.01. The number of thioether (sulfide) groups is 1. The van der Waals surface area contributed by atoms with Gasteiger partial charge >= 0.3 is 0 Å². The number of fused-ring (bicyclic) bond motifs is 1. The van der Waals surface area contributed by atoms with E-state index in [1.807, 2.05) is 24.3 Å². The molecule has 1 unspecified atom stereocenters. The van der Waals surface area contributed by atoms with Crippen LogP contribution in [-0.2, 0) is 16.1 Å². The van der Waals surface area contributed by atoms with Crippen LogP contribution in [0.1, 0.15) is 17.5 Å². The highest BCUT2D eigenvalue weighted by Gasteiger charge is 2.28. The molecule has 0 bridgehead atoms. The van der Waals surface area contributed by atoms with Crippen molar-refractivity contribution in [2.45, 2.75) is 30.0 Å². The first kappa shape index (κ1) is 16.5. The minimum atomic E-state index is -0.463. The van der Waals surface area contributed by atoms with Crippen molar-refractivity contribution in [2.24, 2.45) is 0 Å². The molecule has 2 aromatic carbocycles. The van der Waals surface area contributed by atoms with Gasteiger partial charge in [0.1, 0.15) is 5.82 Å². The summed E-state index contributed by atoms with van der Waals surface area (Å²) in [5.41, 5.74) is 2.04. The summed E-state index contributed by atoms with van der Waals surface area (Å²) in [5, 5.41) is 5.09. The van der Waals surface area contributed by atoms with Crippen LogP contribution in [0.25, 0.3) is 0 Å². The third-order valence-electron chi connectivity index (χ3n) is 3.80. The second-order valence-corrected chi connectivity index (χ2v) is 6.90. The minimum absolute atomic E-state index is 0.0825. The van der Waals surface area contributed by atoms with E-state index in [4.69, 9.17) is 0 Å². The Hall–Kier alpha value is -2.34. The SMILES string of the molecule is Cc1ccc(CNC(=O)CC2Sc3ccccc3NC2=O)cc1F. The molecule has 0 aromatic heterocycles. The van der Waals surface area contributed by atoms with Crippen LogP contribution in [0.15, 0.2) is 47.4 Å². The largest absolute Gasteiger partial charge is 0.352 e. The van der Waals surface area contributed by atoms with Gasteiger partial charge in [0.2, 0.25) is 11.8 Å². The fraction of sp³-hybridized carbons (Fsp3) is 0.222. The summed E-state index contributed by atoms with van der Waals surface area (Å²) in [4.78, 5) is 25.1. The van der Waals surface area contributed by atoms with Crippen LogP contribution in [0.3, 0.4) is 0 Å². The highest BCUT2D eigenvalue weighted by atomic mass is 32.2. The monoisotopic (exact) mass is 344 g/mol. The predicted octanol–water partition coefficient (Wildman–Crippen LogP) is 3.25. The Morgan fingerprint density at radius 3 is 2.88 bits per heavy atom. The highest BCUT2D eigenvalue weighted by Crippen LogP contribution is 2.36. The Balaban J connectivity index is 1.57. The molecule has 1 aliphatic heterocycles. The summed E-state index contributed by atoms with van der Waals surface area (Å²) >= 11 is 1.39. The molecule has 1 atom stereocenters. The van der Waals surface area contributed by atoms with Crippen molar-refractivity contribution >= 4 is 29.3 Å². The molecule has 0 saturated heterocycles. The molecule has 1 aliphatic rings. The van der Waals surface area contributed by atoms with E-state index in [0.29, 0.717) is 11.1 Å². The number of hydrogen-bond donors (Lipinski definition) is 2. The van der Waals surface area contributed by atoms with Crippen LogP contribution in [0.2, 0.25) is 0 Å². The van der Waals surface area contributed by atoms with Crippen molar-refractivity contribution in [3.63, 3.8) is 0 Å². The van der Waals surface area contributed by atoms with Crippen molar-refractivity contribution in [1.29, 1.82) is 0 Å². The average molecular weight is 344 g/mol. The molecule has 2 N–H and O–H groups in total. The molecule has 3 rings (SSSR count). The summed E-state index contributed by atoms with van der Waals surface area (Å²) in [6, 6.07) is 12.4. The lowest BCUT2D eigenvalue weighted by Crippen LogP contribution is -2.34. The zero-order chi connectivity index (χ0) is 17.1. The third-order valence-corrected chi connectivity index (χ3v) is 5.08. The van der Waals surface area contributed by atoms with E-state index in [2.05, 4.69) is 10.6 Å². The average Bonchev–Trinajstić information content (AvgIpc) is 2.56. The van der Waals surface area contributed by atoms with Crippen molar-refractivity contribution in [3.05, 3.63) is 59.4 Å². The van der Waals surface area contributed by atoms with E-state index in [0.717, 1.165) is 10.6 Å². The Labute approximate surface area is 143 Å². The number of para-hydroxylation sites is 1. The molecule has 6 heteroatoms. The number of aryl methyl sites for hydroxylation is 1. The molecule has 0 radical (unpaired) electrons. The van der Waals surface area contributed by atoms with Gasteiger partial charge in [-0.3, -0.25) is 9.59 Å². The van der Waals surface area contributed by atoms with Crippen LogP contribution in [0, 0.1) is 12.7 Å². The first-order chi connectivity index (χ1) is 11.5. The zero-order valence-corrected chi connectivity index (χ0v) is 14.0. The number of amides is 2. The second-order valence-electron chi connectivity index (χ2n) is 5.66. The summed E-state index contributed by atoms with van der Waals surface area (Å²) in [6.07, 6.45) is 0.0825. The molecule has 4 nitrogen and oxygen atoms in total. The molecule has 1 heterocycles. The van der Waals surface area contributed by atoms with E-state index >= 15 is 0 Å². The molecule has 0 spiro atoms. The van der Waals surface area contributed by atoms with Crippen LogP contribution in [-0.4, -0.2) is 17.1 Å². The molecule has 124 valence electrons. The van der Waals surface area contributed by atoms with Gasteiger partial charge in [0, 0.05) is 17.9 Å². The van der Waals surface area contributed by atoms with Crippen molar-refractivity contribution in [1.82, 2.24) is 5.32 Å². The van der Waals surface area contributed by atoms with Gasteiger partial charge in [-0.1, -0.05) is 24.3 Å². The van der Waals surface area contributed by atoms with Gasteiger partial charge in [0.15, 0.2) is 0 Å². The second kappa shape index (κ2) is 7.05. The maximum atomic E-state index is 13.5. The number of hydrogen-bond acceptors (Lipinski definition) is 3. The molecule has 0 saturated carbocycles. The summed E-state index contributed by atoms with van der Waals surface area (Å²) in [5.74, 6) is -0.696. The normalized spacial score (nSPS) is 16.2. The molecule has 0 aliphatic carbocycles. The molecule has 2 aromatic rings. The zero-order valence-electron chi connectivity index (χ0n) is 13.1. The first-order valence-electron chi connectivity index (χ1n) is 7.61. The van der Waals surface area contributed by atoms with Gasteiger partial charge in [-0.05, 0) is 36.2 Å². The minimum Gasteiger partial charge on any atom is -0.352 e. The van der Waals surface area contributed by atoms with E-state index in [1.54, 1.807) is 19.1 Å². The van der Waals surface area contributed by atoms with Crippen LogP contribution in [0.5, 0.6) is 0 Å². The lowest BCUT2D eigenvalue weighted by Gasteiger charge is -2.23. The number of rotatable bonds is 4. The lowest BCUT2D eigenvalue weighted by atomic mass is 10.1. The number of carbonyl (C=O) groups is 2. The van der Waals surface area contributed by atoms with Crippen molar-refractivity contribution in [2.75, 3.05) is 5.32 Å². The van der Waals surface area contributed by atoms with Gasteiger partial charge in [0.05, 0.1) is 10.9 Å². The maximum absolute atomic E-state index is 13.5. The topological polar surface area (TPSA) is 58.2 Å². The van der Waals surface area contributed by atoms with E-state index in [1.165, 1.54) is 17.8 Å². The smallest absolute Gasteiger partial charge is 0.238 e. The van der Waals surface area contributed by atoms with Gasteiger partial charge in [-0.2, -0.15) is 0 Å². The summed E-state index contributed by atoms with van der Waals surface area (Å²) in [7, 11) is 0. The van der Waals surface area contributed by atoms with E-state index in [9.17, 15) is 14.0 Å². The molecule has 24 heavy (non-hydrogen) atoms. The van der Waals surface area contributed by atoms with Gasteiger partial charge in [-0.15, -0.1) is 11.8 Å². The molecule has 2 amide bonds. The van der Waals surface area contributed by atoms with Crippen LogP contribution >= 0.6 is 11.8 Å². The van der Waals surface area contributed by atoms with Crippen molar-refractivity contribution < 1.29 is 14.0 Å². The third kappa shape index (κ3) is 3.76. The number of anilines is 1. The number of carbonyl (C=O) groups excluding carboxylic acids is 2. The van der Waals surface area contributed by atoms with Crippen molar-refractivity contribution in [3.8, 4) is 0 Å². The van der Waals surface area contributed by atoms with Gasteiger partial charge < -0.3 is 10.6 Å². The number of benzene rings is 2. The predicted molar refractivity (Wildman–Crippen MR) is 92.3 cm³/mol. The summed E-state index contributed by atoms with van der Waals surface area (Å²) in [6.45, 7) is 1.93. The number of nitrogens with one attached hydrogen (secondary N) is 2.